The van der Waals surface area contributed by atoms with Crippen LogP contribution in [0.2, 0.25) is 5.15 Å². The van der Waals surface area contributed by atoms with Crippen molar-refractivity contribution in [3.05, 3.63) is 29.7 Å². The molecule has 0 aliphatic rings. The van der Waals surface area contributed by atoms with Crippen LogP contribution in [0.3, 0.4) is 0 Å². The van der Waals surface area contributed by atoms with E-state index in [0.717, 1.165) is 10.8 Å². The number of ether oxygens (including phenoxy) is 1. The van der Waals surface area contributed by atoms with Crippen molar-refractivity contribution >= 4 is 34.3 Å². The fourth-order valence-electron chi connectivity index (χ4n) is 1.54. The minimum Gasteiger partial charge on any atom is -0.443 e. The second kappa shape index (κ2) is 5.50. The molecule has 2 heterocycles. The van der Waals surface area contributed by atoms with E-state index >= 15 is 0 Å². The molecule has 0 saturated carbocycles. The van der Waals surface area contributed by atoms with Crippen LogP contribution < -0.4 is 10.9 Å². The topological polar surface area (TPSA) is 76.1 Å². The molecule has 0 atom stereocenters. The number of nitrogens with zero attached hydrogens (tertiary/aromatic N) is 2. The summed E-state index contributed by atoms with van der Waals surface area (Å²) in [5.41, 5.74) is 4.48. The summed E-state index contributed by atoms with van der Waals surface area (Å²) in [5.74, 6) is 0.404. The maximum atomic E-state index is 11.5. The fourth-order valence-corrected chi connectivity index (χ4v) is 1.80. The van der Waals surface area contributed by atoms with E-state index in [-0.39, 0.29) is 0 Å². The van der Waals surface area contributed by atoms with E-state index in [0.29, 0.717) is 11.0 Å². The molecule has 106 valence electrons. The first-order chi connectivity index (χ1) is 9.35. The van der Waals surface area contributed by atoms with Crippen molar-refractivity contribution in [3.8, 4) is 0 Å². The molecule has 7 heteroatoms. The average Bonchev–Trinajstić information content (AvgIpc) is 2.34. The van der Waals surface area contributed by atoms with Crippen molar-refractivity contribution in [1.29, 1.82) is 0 Å². The van der Waals surface area contributed by atoms with Gasteiger partial charge < -0.3 is 4.74 Å². The molecule has 0 radical (unpaired) electrons. The zero-order valence-electron chi connectivity index (χ0n) is 11.4. The Morgan fingerprint density at radius 2 is 2.15 bits per heavy atom. The number of carbonyl (C=O) groups is 1. The first-order valence-corrected chi connectivity index (χ1v) is 6.38. The van der Waals surface area contributed by atoms with Crippen molar-refractivity contribution in [2.24, 2.45) is 0 Å². The molecule has 0 saturated heterocycles. The zero-order chi connectivity index (χ0) is 14.8. The highest BCUT2D eigenvalue weighted by molar-refractivity contribution is 6.34. The Bertz CT molecular complexity index is 640. The van der Waals surface area contributed by atoms with Gasteiger partial charge in [0.05, 0.1) is 0 Å². The van der Waals surface area contributed by atoms with Crippen molar-refractivity contribution in [2.45, 2.75) is 26.4 Å². The number of anilines is 1. The van der Waals surface area contributed by atoms with Gasteiger partial charge in [-0.2, -0.15) is 0 Å². The number of fused-ring (bicyclic) bond motifs is 1. The van der Waals surface area contributed by atoms with Gasteiger partial charge in [-0.25, -0.2) is 15.2 Å². The van der Waals surface area contributed by atoms with Gasteiger partial charge in [0.2, 0.25) is 0 Å². The Labute approximate surface area is 121 Å². The fraction of sp³-hybridized carbons (Fsp3) is 0.308. The van der Waals surface area contributed by atoms with Crippen molar-refractivity contribution in [2.75, 3.05) is 5.43 Å². The summed E-state index contributed by atoms with van der Waals surface area (Å²) in [6.07, 6.45) is 2.71. The molecule has 0 aromatic carbocycles. The van der Waals surface area contributed by atoms with E-state index in [1.807, 2.05) is 0 Å². The van der Waals surface area contributed by atoms with Gasteiger partial charge >= 0.3 is 6.09 Å². The lowest BCUT2D eigenvalue weighted by Gasteiger charge is -2.20. The van der Waals surface area contributed by atoms with Crippen molar-refractivity contribution in [1.82, 2.24) is 15.4 Å². The standard InChI is InChI=1S/C13H15ClN4O2/c1-13(2,3)20-12(19)18-17-10-6-8-7-15-5-4-9(8)11(14)16-10/h4-7H,1-3H3,(H,16,17)(H,18,19). The maximum absolute atomic E-state index is 11.5. The molecule has 2 aromatic heterocycles. The van der Waals surface area contributed by atoms with Crippen LogP contribution in [0.1, 0.15) is 20.8 Å². The lowest BCUT2D eigenvalue weighted by Crippen LogP contribution is -2.36. The molecule has 20 heavy (non-hydrogen) atoms. The van der Waals surface area contributed by atoms with Gasteiger partial charge in [-0.3, -0.25) is 10.4 Å². The molecule has 0 fully saturated rings. The number of hydrogen-bond acceptors (Lipinski definition) is 5. The average molecular weight is 295 g/mol. The number of halogens is 1. The summed E-state index contributed by atoms with van der Waals surface area (Å²) in [6.45, 7) is 5.34. The first-order valence-electron chi connectivity index (χ1n) is 6.00. The van der Waals surface area contributed by atoms with Crippen LogP contribution in [0.15, 0.2) is 24.5 Å². The number of hydrazine groups is 1. The number of amides is 1. The van der Waals surface area contributed by atoms with Crippen LogP contribution in [-0.4, -0.2) is 21.7 Å². The number of hydrogen-bond donors (Lipinski definition) is 2. The first kappa shape index (κ1) is 14.3. The molecular weight excluding hydrogens is 280 g/mol. The Hall–Kier alpha value is -2.08. The summed E-state index contributed by atoms with van der Waals surface area (Å²) in [7, 11) is 0. The van der Waals surface area contributed by atoms with Crippen LogP contribution in [-0.2, 0) is 4.74 Å². The van der Waals surface area contributed by atoms with Gasteiger partial charge in [0, 0.05) is 23.2 Å². The summed E-state index contributed by atoms with van der Waals surface area (Å²) in [4.78, 5) is 19.7. The number of rotatable bonds is 2. The van der Waals surface area contributed by atoms with Gasteiger partial charge in [0.15, 0.2) is 0 Å². The molecule has 0 aliphatic carbocycles. The molecule has 2 aromatic rings. The van der Waals surface area contributed by atoms with E-state index in [4.69, 9.17) is 16.3 Å². The third-order valence-electron chi connectivity index (χ3n) is 2.28. The van der Waals surface area contributed by atoms with Crippen LogP contribution in [0, 0.1) is 0 Å². The minimum atomic E-state index is -0.596. The Balaban J connectivity index is 2.09. The number of carbonyl (C=O) groups excluding carboxylic acids is 1. The normalized spacial score (nSPS) is 11.2. The van der Waals surface area contributed by atoms with Crippen LogP contribution >= 0.6 is 11.6 Å². The molecule has 6 nitrogen and oxygen atoms in total. The quantitative estimate of drug-likeness (QED) is 0.657. The van der Waals surface area contributed by atoms with Crippen LogP contribution in [0.5, 0.6) is 0 Å². The molecular formula is C13H15ClN4O2. The van der Waals surface area contributed by atoms with Crippen LogP contribution in [0.4, 0.5) is 10.6 Å². The van der Waals surface area contributed by atoms with Gasteiger partial charge in [-0.1, -0.05) is 11.6 Å². The molecule has 2 rings (SSSR count). The van der Waals surface area contributed by atoms with Crippen LogP contribution in [0.25, 0.3) is 10.8 Å². The second-order valence-corrected chi connectivity index (χ2v) is 5.51. The third-order valence-corrected chi connectivity index (χ3v) is 2.56. The summed E-state index contributed by atoms with van der Waals surface area (Å²) < 4.78 is 5.09. The van der Waals surface area contributed by atoms with E-state index in [2.05, 4.69) is 20.8 Å². The molecule has 0 aliphatic heterocycles. The minimum absolute atomic E-state index is 0.332. The summed E-state index contributed by atoms with van der Waals surface area (Å²) in [5, 5.41) is 1.95. The van der Waals surface area contributed by atoms with E-state index in [1.165, 1.54) is 0 Å². The monoisotopic (exact) mass is 294 g/mol. The predicted molar refractivity (Wildman–Crippen MR) is 77.5 cm³/mol. The SMILES string of the molecule is CC(C)(C)OC(=O)NNc1cc2cnccc2c(Cl)n1. The number of nitrogens with one attached hydrogen (secondary N) is 2. The Morgan fingerprint density at radius 1 is 1.40 bits per heavy atom. The van der Waals surface area contributed by atoms with E-state index in [9.17, 15) is 4.79 Å². The lowest BCUT2D eigenvalue weighted by atomic mass is 10.2. The van der Waals surface area contributed by atoms with Gasteiger partial charge in [-0.15, -0.1) is 0 Å². The van der Waals surface area contributed by atoms with Crippen molar-refractivity contribution in [3.63, 3.8) is 0 Å². The summed E-state index contributed by atoms with van der Waals surface area (Å²) in [6, 6.07) is 3.50. The summed E-state index contributed by atoms with van der Waals surface area (Å²) >= 11 is 6.06. The smallest absolute Gasteiger partial charge is 0.426 e. The van der Waals surface area contributed by atoms with E-state index < -0.39 is 11.7 Å². The van der Waals surface area contributed by atoms with Gasteiger partial charge in [0.25, 0.3) is 0 Å². The predicted octanol–water partition coefficient (Wildman–Crippen LogP) is 3.13. The largest absolute Gasteiger partial charge is 0.443 e. The van der Waals surface area contributed by atoms with Gasteiger partial charge in [-0.05, 0) is 32.9 Å². The molecule has 1 amide bonds. The molecule has 0 bridgehead atoms. The molecule has 2 N–H and O–H groups in total. The lowest BCUT2D eigenvalue weighted by molar-refractivity contribution is 0.0541. The Kier molecular flexibility index (Phi) is 3.94. The Morgan fingerprint density at radius 3 is 2.85 bits per heavy atom. The van der Waals surface area contributed by atoms with Gasteiger partial charge in [0.1, 0.15) is 16.6 Å². The highest BCUT2D eigenvalue weighted by atomic mass is 35.5. The highest BCUT2D eigenvalue weighted by Crippen LogP contribution is 2.23. The highest BCUT2D eigenvalue weighted by Gasteiger charge is 2.16. The third kappa shape index (κ3) is 3.71. The maximum Gasteiger partial charge on any atom is 0.426 e. The number of pyridine rings is 2. The molecule has 0 spiro atoms. The second-order valence-electron chi connectivity index (χ2n) is 5.15. The zero-order valence-corrected chi connectivity index (χ0v) is 12.2. The van der Waals surface area contributed by atoms with Crippen molar-refractivity contribution < 1.29 is 9.53 Å². The molecule has 0 unspecified atom stereocenters. The van der Waals surface area contributed by atoms with E-state index in [1.54, 1.807) is 45.3 Å². The number of aromatic nitrogens is 2.